The predicted molar refractivity (Wildman–Crippen MR) is 201 cm³/mol. The Labute approximate surface area is 287 Å². The van der Waals surface area contributed by atoms with Crippen molar-refractivity contribution < 1.29 is 36.8 Å². The number of rotatable bonds is 19. The van der Waals surface area contributed by atoms with E-state index in [1.54, 1.807) is 7.11 Å². The first-order chi connectivity index (χ1) is 20.4. The predicted octanol–water partition coefficient (Wildman–Crippen LogP) is 9.31. The molecule has 0 saturated heterocycles. The van der Waals surface area contributed by atoms with E-state index in [0.29, 0.717) is 25.9 Å². The number of hydrogen-bond donors (Lipinski definition) is 0. The van der Waals surface area contributed by atoms with Gasteiger partial charge in [-0.1, -0.05) is 54.5 Å². The second-order valence-corrected chi connectivity index (χ2v) is 36.3. The molecule has 0 N–H and O–H groups in total. The molecule has 0 bridgehead atoms. The summed E-state index contributed by atoms with van der Waals surface area (Å²) in [5.74, 6) is -3.79. The van der Waals surface area contributed by atoms with E-state index in [9.17, 15) is 9.59 Å². The number of ether oxygens (including phenoxy) is 2. The van der Waals surface area contributed by atoms with E-state index < -0.39 is 56.7 Å². The van der Waals surface area contributed by atoms with Crippen LogP contribution >= 0.6 is 0 Å². The molecule has 0 rings (SSSR count). The Hall–Kier alpha value is -0.452. The van der Waals surface area contributed by atoms with Gasteiger partial charge in [0.05, 0.1) is 19.8 Å². The van der Waals surface area contributed by atoms with E-state index in [1.807, 2.05) is 46.2 Å². The van der Waals surface area contributed by atoms with Crippen LogP contribution in [0.5, 0.6) is 0 Å². The standard InChI is InChI=1S/C34H72O8Si4/c1-26(23-24-39-45(17,18)32(3,4)5)29(37-9)25-28(40-46(19,20)33(6,7)8)22-21-27(2)30(35)34(31(36)38-10,41-43(11,12)13)42-44(14,15)16/h23,27-29H,21-22,24-25H2,1-20H3/b26-23+/t27-,28+,29+/m1/s1. The zero-order valence-corrected chi connectivity index (χ0v) is 37.4. The Balaban J connectivity index is 6.36. The largest absolute Gasteiger partial charge is 0.465 e. The van der Waals surface area contributed by atoms with Crippen molar-refractivity contribution in [2.75, 3.05) is 20.8 Å². The molecule has 0 aromatic carbocycles. The maximum atomic E-state index is 14.3. The Kier molecular flexibility index (Phi) is 16.8. The van der Waals surface area contributed by atoms with Gasteiger partial charge in [0.15, 0.2) is 33.3 Å². The molecule has 272 valence electrons. The number of hydrogen-bond acceptors (Lipinski definition) is 8. The van der Waals surface area contributed by atoms with Crippen LogP contribution in [0, 0.1) is 5.92 Å². The Bertz CT molecular complexity index is 998. The molecule has 12 heteroatoms. The third-order valence-electron chi connectivity index (χ3n) is 9.24. The van der Waals surface area contributed by atoms with Crippen molar-refractivity contribution in [1.29, 1.82) is 0 Å². The van der Waals surface area contributed by atoms with Gasteiger partial charge in [-0.05, 0) is 101 Å². The lowest BCUT2D eigenvalue weighted by molar-refractivity contribution is -0.198. The highest BCUT2D eigenvalue weighted by Gasteiger charge is 2.55. The molecule has 0 aromatic rings. The van der Waals surface area contributed by atoms with E-state index in [4.69, 9.17) is 27.2 Å². The molecule has 0 spiro atoms. The summed E-state index contributed by atoms with van der Waals surface area (Å²) in [5, 5.41) is 0.144. The summed E-state index contributed by atoms with van der Waals surface area (Å²) in [7, 11) is -5.89. The van der Waals surface area contributed by atoms with E-state index >= 15 is 0 Å². The molecule has 8 nitrogen and oxygen atoms in total. The third-order valence-corrected chi connectivity index (χ3v) is 20.1. The monoisotopic (exact) mass is 720 g/mol. The van der Waals surface area contributed by atoms with Crippen LogP contribution in [0.1, 0.15) is 74.7 Å². The summed E-state index contributed by atoms with van der Waals surface area (Å²) < 4.78 is 37.2. The first-order valence-electron chi connectivity index (χ1n) is 16.9. The fraction of sp³-hybridized carbons (Fsp3) is 0.882. The molecule has 0 amide bonds. The topological polar surface area (TPSA) is 89.5 Å². The lowest BCUT2D eigenvalue weighted by Gasteiger charge is -2.41. The first-order valence-corrected chi connectivity index (χ1v) is 29.5. The number of carbonyl (C=O) groups excluding carboxylic acids is 2. The van der Waals surface area contributed by atoms with Crippen molar-refractivity contribution >= 4 is 45.0 Å². The van der Waals surface area contributed by atoms with Crippen molar-refractivity contribution in [2.45, 2.75) is 168 Å². The fourth-order valence-corrected chi connectivity index (χ4v) is 9.04. The van der Waals surface area contributed by atoms with Crippen molar-refractivity contribution in [1.82, 2.24) is 0 Å². The van der Waals surface area contributed by atoms with Gasteiger partial charge >= 0.3 is 11.8 Å². The molecule has 0 aliphatic carbocycles. The van der Waals surface area contributed by atoms with E-state index in [-0.39, 0.29) is 22.3 Å². The van der Waals surface area contributed by atoms with Gasteiger partial charge in [0, 0.05) is 25.6 Å². The number of Topliss-reactive ketones (excluding diaryl/α,β-unsaturated/α-hetero) is 1. The summed E-state index contributed by atoms with van der Waals surface area (Å²) in [4.78, 5) is 27.6. The average molecular weight is 721 g/mol. The van der Waals surface area contributed by atoms with Gasteiger partial charge in [-0.15, -0.1) is 0 Å². The molecule has 0 radical (unpaired) electrons. The van der Waals surface area contributed by atoms with Crippen LogP contribution in [0.25, 0.3) is 0 Å². The van der Waals surface area contributed by atoms with Crippen molar-refractivity contribution in [3.8, 4) is 0 Å². The summed E-state index contributed by atoms with van der Waals surface area (Å²) in [6.07, 6.45) is 3.57. The van der Waals surface area contributed by atoms with Crippen LogP contribution in [0.4, 0.5) is 0 Å². The van der Waals surface area contributed by atoms with Crippen LogP contribution in [-0.2, 0) is 36.8 Å². The average Bonchev–Trinajstić information content (AvgIpc) is 2.85. The highest BCUT2D eigenvalue weighted by atomic mass is 28.4. The summed E-state index contributed by atoms with van der Waals surface area (Å²) >= 11 is 0. The highest BCUT2D eigenvalue weighted by Crippen LogP contribution is 2.40. The zero-order valence-electron chi connectivity index (χ0n) is 33.4. The Morgan fingerprint density at radius 2 is 1.20 bits per heavy atom. The molecule has 0 aromatic heterocycles. The van der Waals surface area contributed by atoms with Gasteiger partial charge in [-0.2, -0.15) is 0 Å². The zero-order chi connectivity index (χ0) is 36.7. The molecule has 0 aliphatic rings. The van der Waals surface area contributed by atoms with E-state index in [0.717, 1.165) is 5.57 Å². The summed E-state index contributed by atoms with van der Waals surface area (Å²) in [6.45, 7) is 38.6. The minimum atomic E-state index is -2.42. The minimum Gasteiger partial charge on any atom is -0.465 e. The lowest BCUT2D eigenvalue weighted by atomic mass is 9.91. The van der Waals surface area contributed by atoms with Crippen LogP contribution in [-0.4, -0.2) is 83.8 Å². The number of esters is 1. The number of ketones is 1. The smallest absolute Gasteiger partial charge is 0.373 e. The number of methoxy groups -OCH3 is 2. The van der Waals surface area contributed by atoms with Crippen molar-refractivity contribution in [3.05, 3.63) is 11.6 Å². The van der Waals surface area contributed by atoms with Gasteiger partial charge in [0.2, 0.25) is 5.78 Å². The normalized spacial score (nSPS) is 16.7. The molecule has 3 atom stereocenters. The van der Waals surface area contributed by atoms with Gasteiger partial charge in [-0.3, -0.25) is 4.79 Å². The molecule has 0 saturated carbocycles. The summed E-state index contributed by atoms with van der Waals surface area (Å²) in [5.41, 5.74) is 1.10. The highest BCUT2D eigenvalue weighted by molar-refractivity contribution is 6.74. The van der Waals surface area contributed by atoms with E-state index in [2.05, 4.69) is 80.7 Å². The second-order valence-electron chi connectivity index (χ2n) is 17.9. The minimum absolute atomic E-state index is 0.00748. The molecular formula is C34H72O8Si4. The fourth-order valence-electron chi connectivity index (χ4n) is 4.45. The van der Waals surface area contributed by atoms with Gasteiger partial charge < -0.3 is 27.2 Å². The van der Waals surface area contributed by atoms with Crippen LogP contribution in [0.15, 0.2) is 11.6 Å². The van der Waals surface area contributed by atoms with Gasteiger partial charge in [0.1, 0.15) is 0 Å². The molecule has 0 aliphatic heterocycles. The van der Waals surface area contributed by atoms with Gasteiger partial charge in [0.25, 0.3) is 0 Å². The van der Waals surface area contributed by atoms with Crippen LogP contribution < -0.4 is 0 Å². The second kappa shape index (κ2) is 17.0. The van der Waals surface area contributed by atoms with Crippen LogP contribution in [0.2, 0.25) is 75.5 Å². The molecule has 0 unspecified atom stereocenters. The number of carbonyl (C=O) groups is 2. The Morgan fingerprint density at radius 1 is 0.739 bits per heavy atom. The third kappa shape index (κ3) is 14.2. The van der Waals surface area contributed by atoms with E-state index in [1.165, 1.54) is 7.11 Å². The lowest BCUT2D eigenvalue weighted by Crippen LogP contribution is -2.61. The summed E-state index contributed by atoms with van der Waals surface area (Å²) in [6, 6.07) is 0. The van der Waals surface area contributed by atoms with Gasteiger partial charge in [-0.25, -0.2) is 4.79 Å². The molecule has 46 heavy (non-hydrogen) atoms. The first kappa shape index (κ1) is 45.5. The van der Waals surface area contributed by atoms with Crippen molar-refractivity contribution in [3.63, 3.8) is 0 Å². The van der Waals surface area contributed by atoms with Crippen molar-refractivity contribution in [2.24, 2.45) is 5.92 Å². The quantitative estimate of drug-likeness (QED) is 0.0429. The Morgan fingerprint density at radius 3 is 1.57 bits per heavy atom. The SMILES string of the molecule is COC(=O)C(O[Si](C)(C)C)(O[Si](C)(C)C)C(=O)[C@H](C)CC[C@@H](C[C@H](OC)/C(C)=C/CO[Si](C)(C)C(C)(C)C)O[Si](C)(C)C(C)(C)C. The maximum Gasteiger partial charge on any atom is 0.373 e. The molecule has 0 fully saturated rings. The van der Waals surface area contributed by atoms with Crippen LogP contribution in [0.3, 0.4) is 0 Å². The maximum absolute atomic E-state index is 14.3. The molecular weight excluding hydrogens is 649 g/mol. The molecule has 0 heterocycles.